The molecule has 1 aliphatic rings. The van der Waals surface area contributed by atoms with Crippen LogP contribution in [0.3, 0.4) is 0 Å². The third-order valence-corrected chi connectivity index (χ3v) is 4.78. The first-order valence-electron chi connectivity index (χ1n) is 8.67. The van der Waals surface area contributed by atoms with Gasteiger partial charge in [-0.1, -0.05) is 24.3 Å². The summed E-state index contributed by atoms with van der Waals surface area (Å²) in [6, 6.07) is 10.2. The molecule has 0 radical (unpaired) electrons. The van der Waals surface area contributed by atoms with Gasteiger partial charge < -0.3 is 15.1 Å². The highest BCUT2D eigenvalue weighted by atomic mass is 16.3. The molecule has 2 aromatic rings. The average molecular weight is 354 g/mol. The maximum atomic E-state index is 12.7. The summed E-state index contributed by atoms with van der Waals surface area (Å²) >= 11 is 0. The largest absolute Gasteiger partial charge is 0.394 e. The van der Waals surface area contributed by atoms with Gasteiger partial charge in [0, 0.05) is 13.1 Å². The number of hydrogen-bond acceptors (Lipinski definition) is 6. The van der Waals surface area contributed by atoms with Crippen molar-refractivity contribution in [3.05, 3.63) is 57.1 Å². The van der Waals surface area contributed by atoms with Gasteiger partial charge >= 0.3 is 0 Å². The zero-order valence-corrected chi connectivity index (χ0v) is 14.7. The summed E-state index contributed by atoms with van der Waals surface area (Å²) in [7, 11) is 0. The second kappa shape index (κ2) is 7.68. The third kappa shape index (κ3) is 3.47. The van der Waals surface area contributed by atoms with Crippen LogP contribution in [0.15, 0.2) is 29.1 Å². The van der Waals surface area contributed by atoms with Gasteiger partial charge in [0.1, 0.15) is 11.9 Å². The topological polar surface area (TPSA) is 102 Å². The van der Waals surface area contributed by atoms with Gasteiger partial charge in [-0.3, -0.25) is 9.36 Å². The van der Waals surface area contributed by atoms with Crippen LogP contribution in [0, 0.1) is 18.3 Å². The average Bonchev–Trinajstić information content (AvgIpc) is 2.87. The molecule has 2 heterocycles. The quantitative estimate of drug-likeness (QED) is 0.823. The smallest absolute Gasteiger partial charge is 0.273 e. The monoisotopic (exact) mass is 354 g/mol. The highest BCUT2D eigenvalue weighted by molar-refractivity contribution is 5.54. The number of aromatic nitrogens is 2. The van der Waals surface area contributed by atoms with Crippen LogP contribution in [0.4, 0.5) is 5.82 Å². The van der Waals surface area contributed by atoms with Crippen molar-refractivity contribution >= 4 is 5.82 Å². The predicted octanol–water partition coefficient (Wildman–Crippen LogP) is 0.382. The Balaban J connectivity index is 1.96. The summed E-state index contributed by atoms with van der Waals surface area (Å²) in [5.74, 6) is 0.816. The van der Waals surface area contributed by atoms with Crippen LogP contribution in [-0.2, 0) is 19.4 Å². The van der Waals surface area contributed by atoms with Crippen molar-refractivity contribution in [1.29, 1.82) is 5.26 Å². The molecule has 1 atom stereocenters. The molecule has 0 saturated heterocycles. The van der Waals surface area contributed by atoms with E-state index in [-0.39, 0.29) is 12.1 Å². The van der Waals surface area contributed by atoms with Gasteiger partial charge in [0.05, 0.1) is 19.3 Å². The standard InChI is InChI=1S/C19H22N4O3/c1-13-21-18(17(10-20)19(26)23(13)11-16(25)12-24)22-8-6-14-4-2-3-5-15(14)7-9-22/h2-5,16,24-25H,6-9,11-12H2,1H3. The van der Waals surface area contributed by atoms with Crippen molar-refractivity contribution in [3.8, 4) is 6.07 Å². The number of aliphatic hydroxyl groups is 2. The fourth-order valence-corrected chi connectivity index (χ4v) is 3.34. The summed E-state index contributed by atoms with van der Waals surface area (Å²) in [6.45, 7) is 2.49. The molecule has 7 nitrogen and oxygen atoms in total. The lowest BCUT2D eigenvalue weighted by Gasteiger charge is -2.24. The molecule has 136 valence electrons. The molecule has 1 aliphatic heterocycles. The summed E-state index contributed by atoms with van der Waals surface area (Å²) in [4.78, 5) is 19.2. The van der Waals surface area contributed by atoms with E-state index >= 15 is 0 Å². The molecule has 0 bridgehead atoms. The van der Waals surface area contributed by atoms with Crippen molar-refractivity contribution in [1.82, 2.24) is 9.55 Å². The number of nitrogens with zero attached hydrogens (tertiary/aromatic N) is 4. The molecule has 0 fully saturated rings. The van der Waals surface area contributed by atoms with Crippen LogP contribution in [0.25, 0.3) is 0 Å². The normalized spacial score (nSPS) is 15.1. The Morgan fingerprint density at radius 3 is 2.42 bits per heavy atom. The Morgan fingerprint density at radius 1 is 1.27 bits per heavy atom. The fourth-order valence-electron chi connectivity index (χ4n) is 3.34. The Morgan fingerprint density at radius 2 is 1.88 bits per heavy atom. The first-order valence-corrected chi connectivity index (χ1v) is 8.67. The first-order chi connectivity index (χ1) is 12.5. The van der Waals surface area contributed by atoms with Gasteiger partial charge in [0.15, 0.2) is 11.4 Å². The molecular formula is C19H22N4O3. The fraction of sp³-hybridized carbons (Fsp3) is 0.421. The molecule has 26 heavy (non-hydrogen) atoms. The maximum Gasteiger partial charge on any atom is 0.273 e. The van der Waals surface area contributed by atoms with Crippen molar-refractivity contribution in [2.75, 3.05) is 24.6 Å². The van der Waals surface area contributed by atoms with Gasteiger partial charge in [-0.15, -0.1) is 0 Å². The van der Waals surface area contributed by atoms with Crippen LogP contribution in [0.2, 0.25) is 0 Å². The SMILES string of the molecule is Cc1nc(N2CCc3ccccc3CC2)c(C#N)c(=O)n1CC(O)CO. The van der Waals surface area contributed by atoms with Gasteiger partial charge in [0.2, 0.25) is 0 Å². The minimum Gasteiger partial charge on any atom is -0.394 e. The summed E-state index contributed by atoms with van der Waals surface area (Å²) < 4.78 is 1.25. The number of anilines is 1. The van der Waals surface area contributed by atoms with E-state index in [0.717, 1.165) is 12.8 Å². The van der Waals surface area contributed by atoms with Crippen LogP contribution in [0.1, 0.15) is 22.5 Å². The first kappa shape index (κ1) is 18.1. The zero-order chi connectivity index (χ0) is 18.7. The lowest BCUT2D eigenvalue weighted by Crippen LogP contribution is -2.36. The molecule has 3 rings (SSSR count). The third-order valence-electron chi connectivity index (χ3n) is 4.78. The Kier molecular flexibility index (Phi) is 5.35. The van der Waals surface area contributed by atoms with Gasteiger partial charge in [0.25, 0.3) is 5.56 Å². The number of rotatable bonds is 4. The maximum absolute atomic E-state index is 12.7. The molecule has 1 aromatic carbocycles. The highest BCUT2D eigenvalue weighted by Crippen LogP contribution is 2.21. The molecular weight excluding hydrogens is 332 g/mol. The van der Waals surface area contributed by atoms with Crippen LogP contribution in [0.5, 0.6) is 0 Å². The summed E-state index contributed by atoms with van der Waals surface area (Å²) in [6.07, 6.45) is 0.584. The van der Waals surface area contributed by atoms with Crippen LogP contribution in [-0.4, -0.2) is 45.6 Å². The van der Waals surface area contributed by atoms with E-state index < -0.39 is 18.3 Å². The van der Waals surface area contributed by atoms with Crippen molar-refractivity contribution < 1.29 is 10.2 Å². The number of benzene rings is 1. The van der Waals surface area contributed by atoms with Crippen LogP contribution < -0.4 is 10.5 Å². The van der Waals surface area contributed by atoms with E-state index in [1.807, 2.05) is 23.1 Å². The van der Waals surface area contributed by atoms with E-state index in [1.54, 1.807) is 6.92 Å². The van der Waals surface area contributed by atoms with Crippen molar-refractivity contribution in [2.24, 2.45) is 0 Å². The summed E-state index contributed by atoms with van der Waals surface area (Å²) in [5, 5.41) is 28.2. The van der Waals surface area contributed by atoms with Crippen molar-refractivity contribution in [2.45, 2.75) is 32.4 Å². The Labute approximate surface area is 151 Å². The number of fused-ring (bicyclic) bond motifs is 1. The molecule has 1 unspecified atom stereocenters. The van der Waals surface area contributed by atoms with E-state index in [4.69, 9.17) is 5.11 Å². The molecule has 7 heteroatoms. The van der Waals surface area contributed by atoms with E-state index in [0.29, 0.717) is 24.7 Å². The highest BCUT2D eigenvalue weighted by Gasteiger charge is 2.22. The predicted molar refractivity (Wildman–Crippen MR) is 97.1 cm³/mol. The molecule has 0 spiro atoms. The zero-order valence-electron chi connectivity index (χ0n) is 14.7. The summed E-state index contributed by atoms with van der Waals surface area (Å²) in [5.41, 5.74) is 2.06. The second-order valence-electron chi connectivity index (χ2n) is 6.48. The van der Waals surface area contributed by atoms with Gasteiger partial charge in [-0.25, -0.2) is 4.98 Å². The second-order valence-corrected chi connectivity index (χ2v) is 6.48. The van der Waals surface area contributed by atoms with E-state index in [9.17, 15) is 15.2 Å². The van der Waals surface area contributed by atoms with Crippen LogP contribution >= 0.6 is 0 Å². The number of aliphatic hydroxyl groups excluding tert-OH is 2. The van der Waals surface area contributed by atoms with E-state index in [1.165, 1.54) is 15.7 Å². The molecule has 0 aliphatic carbocycles. The Hall–Kier alpha value is -2.69. The number of hydrogen-bond donors (Lipinski definition) is 2. The Bertz CT molecular complexity index is 874. The lowest BCUT2D eigenvalue weighted by molar-refractivity contribution is 0.0795. The number of nitriles is 1. The molecule has 1 aromatic heterocycles. The van der Waals surface area contributed by atoms with Gasteiger partial charge in [-0.2, -0.15) is 5.26 Å². The lowest BCUT2D eigenvalue weighted by atomic mass is 10.0. The molecule has 2 N–H and O–H groups in total. The van der Waals surface area contributed by atoms with E-state index in [2.05, 4.69) is 17.1 Å². The van der Waals surface area contributed by atoms with Crippen molar-refractivity contribution in [3.63, 3.8) is 0 Å². The molecule has 0 saturated carbocycles. The minimum absolute atomic E-state index is 0.0216. The number of aryl methyl sites for hydroxylation is 1. The van der Waals surface area contributed by atoms with Gasteiger partial charge in [-0.05, 0) is 30.9 Å². The minimum atomic E-state index is -1.07. The molecule has 0 amide bonds.